The van der Waals surface area contributed by atoms with Crippen LogP contribution >= 0.6 is 0 Å². The average Bonchev–Trinajstić information content (AvgIpc) is 2.95. The van der Waals surface area contributed by atoms with E-state index in [4.69, 9.17) is 14.2 Å². The fraction of sp³-hybridized carbons (Fsp3) is 0.333. The summed E-state index contributed by atoms with van der Waals surface area (Å²) in [5, 5.41) is 8.84. The summed E-state index contributed by atoms with van der Waals surface area (Å²) in [6.07, 6.45) is 4.81. The first-order valence-electron chi connectivity index (χ1n) is 12.7. The van der Waals surface area contributed by atoms with E-state index in [1.165, 1.54) is 11.1 Å². The lowest BCUT2D eigenvalue weighted by atomic mass is 9.89. The van der Waals surface area contributed by atoms with E-state index in [0.717, 1.165) is 52.9 Å². The molecule has 7 nitrogen and oxygen atoms in total. The minimum atomic E-state index is -0.00868. The number of hydrogen-bond donors (Lipinski definition) is 2. The van der Waals surface area contributed by atoms with E-state index in [9.17, 15) is 0 Å². The largest absolute Gasteiger partial charge is 0.496 e. The number of hydrogen-bond acceptors (Lipinski definition) is 7. The Morgan fingerprint density at radius 3 is 2.54 bits per heavy atom. The van der Waals surface area contributed by atoms with Crippen LogP contribution in [0.25, 0.3) is 10.8 Å². The van der Waals surface area contributed by atoms with Gasteiger partial charge >= 0.3 is 0 Å². The second-order valence-electron chi connectivity index (χ2n) is 9.45. The van der Waals surface area contributed by atoms with Gasteiger partial charge in [0.25, 0.3) is 0 Å². The lowest BCUT2D eigenvalue weighted by Gasteiger charge is -2.32. The van der Waals surface area contributed by atoms with E-state index in [-0.39, 0.29) is 12.0 Å². The molecule has 0 saturated carbocycles. The van der Waals surface area contributed by atoms with Gasteiger partial charge in [-0.2, -0.15) is 0 Å². The Morgan fingerprint density at radius 1 is 0.973 bits per heavy atom. The number of nitrogens with zero attached hydrogens (tertiary/aromatic N) is 2. The molecule has 192 valence electrons. The van der Waals surface area contributed by atoms with E-state index in [1.807, 2.05) is 36.7 Å². The number of aromatic nitrogens is 2. The Bertz CT molecular complexity index is 1340. The molecule has 3 aromatic carbocycles. The van der Waals surface area contributed by atoms with E-state index in [2.05, 4.69) is 57.9 Å². The quantitative estimate of drug-likeness (QED) is 0.327. The Kier molecular flexibility index (Phi) is 7.82. The van der Waals surface area contributed by atoms with Crippen molar-refractivity contribution in [1.82, 2.24) is 15.3 Å². The van der Waals surface area contributed by atoms with Gasteiger partial charge in [0.05, 0.1) is 26.9 Å². The van der Waals surface area contributed by atoms with Crippen LogP contribution in [0.1, 0.15) is 34.6 Å². The number of benzene rings is 3. The highest BCUT2D eigenvalue weighted by Gasteiger charge is 2.28. The van der Waals surface area contributed by atoms with E-state index in [0.29, 0.717) is 19.1 Å². The van der Waals surface area contributed by atoms with Gasteiger partial charge in [-0.15, -0.1) is 0 Å². The smallest absolute Gasteiger partial charge is 0.222 e. The van der Waals surface area contributed by atoms with Gasteiger partial charge < -0.3 is 24.8 Å². The third kappa shape index (κ3) is 5.68. The molecule has 0 amide bonds. The van der Waals surface area contributed by atoms with Crippen LogP contribution in [0.2, 0.25) is 0 Å². The standard InChI is InChI=1S/C30H34N4O3/c1-20-7-6-8-21(13-20)15-32-30-33-16-23(17-34-30)24-11-12-31-18-28(24)37-19-22-14-27(35-2)25-9-4-5-10-26(25)29(22)36-3/h4-10,13-14,16-17,24,28,31H,11-12,15,18-19H2,1-3H3,(H,32,33,34). The maximum Gasteiger partial charge on any atom is 0.222 e. The second kappa shape index (κ2) is 11.6. The Balaban J connectivity index is 1.29. The van der Waals surface area contributed by atoms with Gasteiger partial charge in [0.1, 0.15) is 11.5 Å². The van der Waals surface area contributed by atoms with E-state index >= 15 is 0 Å². The molecule has 1 aliphatic rings. The third-order valence-corrected chi connectivity index (χ3v) is 6.97. The topological polar surface area (TPSA) is 77.5 Å². The van der Waals surface area contributed by atoms with E-state index in [1.54, 1.807) is 14.2 Å². The monoisotopic (exact) mass is 498 g/mol. The van der Waals surface area contributed by atoms with Crippen molar-refractivity contribution < 1.29 is 14.2 Å². The summed E-state index contributed by atoms with van der Waals surface area (Å²) in [5.41, 5.74) is 4.51. The molecule has 2 N–H and O–H groups in total. The van der Waals surface area contributed by atoms with Gasteiger partial charge in [-0.25, -0.2) is 9.97 Å². The molecule has 2 heterocycles. The minimum Gasteiger partial charge on any atom is -0.496 e. The maximum atomic E-state index is 6.50. The van der Waals surface area contributed by atoms with Gasteiger partial charge in [0, 0.05) is 47.7 Å². The first-order chi connectivity index (χ1) is 18.2. The maximum absolute atomic E-state index is 6.50. The fourth-order valence-corrected chi connectivity index (χ4v) is 5.09. The molecule has 1 aromatic heterocycles. The Morgan fingerprint density at radius 2 is 1.78 bits per heavy atom. The number of methoxy groups -OCH3 is 2. The first kappa shape index (κ1) is 25.0. The van der Waals surface area contributed by atoms with Crippen molar-refractivity contribution in [1.29, 1.82) is 0 Å². The van der Waals surface area contributed by atoms with Crippen molar-refractivity contribution in [2.75, 3.05) is 32.6 Å². The van der Waals surface area contributed by atoms with E-state index < -0.39 is 0 Å². The minimum absolute atomic E-state index is 0.00868. The Hall–Kier alpha value is -3.68. The summed E-state index contributed by atoms with van der Waals surface area (Å²) < 4.78 is 18.0. The molecular formula is C30H34N4O3. The highest BCUT2D eigenvalue weighted by molar-refractivity contribution is 5.94. The number of piperidine rings is 1. The number of rotatable bonds is 9. The van der Waals surface area contributed by atoms with Crippen LogP contribution in [-0.2, 0) is 17.9 Å². The zero-order valence-electron chi connectivity index (χ0n) is 21.7. The molecule has 1 aliphatic heterocycles. The molecule has 4 aromatic rings. The summed E-state index contributed by atoms with van der Waals surface area (Å²) in [7, 11) is 3.40. The van der Waals surface area contributed by atoms with Gasteiger partial charge in [-0.05, 0) is 37.1 Å². The fourth-order valence-electron chi connectivity index (χ4n) is 5.09. The molecule has 0 spiro atoms. The molecule has 0 aliphatic carbocycles. The van der Waals surface area contributed by atoms with Crippen LogP contribution in [0.5, 0.6) is 11.5 Å². The summed E-state index contributed by atoms with van der Waals surface area (Å²) in [5.74, 6) is 2.48. The van der Waals surface area contributed by atoms with Crippen LogP contribution in [-0.4, -0.2) is 43.4 Å². The van der Waals surface area contributed by atoms with Gasteiger partial charge in [0.15, 0.2) is 0 Å². The van der Waals surface area contributed by atoms with Gasteiger partial charge in [-0.1, -0.05) is 54.1 Å². The summed E-state index contributed by atoms with van der Waals surface area (Å²) in [4.78, 5) is 9.19. The average molecular weight is 499 g/mol. The summed E-state index contributed by atoms with van der Waals surface area (Å²) >= 11 is 0. The molecule has 2 unspecified atom stereocenters. The number of anilines is 1. The van der Waals surface area contributed by atoms with Crippen molar-refractivity contribution in [2.45, 2.75) is 38.5 Å². The van der Waals surface area contributed by atoms with Crippen LogP contribution in [0, 0.1) is 6.92 Å². The SMILES string of the molecule is COc1cc(COC2CNCCC2c2cnc(NCc3cccc(C)c3)nc2)c(OC)c2ccccc12. The zero-order valence-corrected chi connectivity index (χ0v) is 21.7. The molecule has 1 fully saturated rings. The highest BCUT2D eigenvalue weighted by atomic mass is 16.5. The lowest BCUT2D eigenvalue weighted by Crippen LogP contribution is -2.41. The molecule has 0 radical (unpaired) electrons. The molecule has 7 heteroatoms. The number of ether oxygens (including phenoxy) is 3. The Labute approximate surface area is 218 Å². The van der Waals surface area contributed by atoms with Crippen molar-refractivity contribution in [3.8, 4) is 11.5 Å². The van der Waals surface area contributed by atoms with Gasteiger partial charge in [0.2, 0.25) is 5.95 Å². The molecular weight excluding hydrogens is 464 g/mol. The predicted octanol–water partition coefficient (Wildman–Crippen LogP) is 5.23. The summed E-state index contributed by atoms with van der Waals surface area (Å²) in [6.45, 7) is 4.91. The molecule has 37 heavy (non-hydrogen) atoms. The molecule has 2 atom stereocenters. The van der Waals surface area contributed by atoms with Crippen molar-refractivity contribution >= 4 is 16.7 Å². The normalized spacial score (nSPS) is 17.5. The first-order valence-corrected chi connectivity index (χ1v) is 12.7. The second-order valence-corrected chi connectivity index (χ2v) is 9.45. The number of nitrogens with one attached hydrogen (secondary N) is 2. The van der Waals surface area contributed by atoms with Crippen LogP contribution in [0.4, 0.5) is 5.95 Å². The van der Waals surface area contributed by atoms with Crippen molar-refractivity contribution in [3.63, 3.8) is 0 Å². The third-order valence-electron chi connectivity index (χ3n) is 6.97. The van der Waals surface area contributed by atoms with Crippen LogP contribution < -0.4 is 20.1 Å². The van der Waals surface area contributed by atoms with Gasteiger partial charge in [-0.3, -0.25) is 0 Å². The highest BCUT2D eigenvalue weighted by Crippen LogP contribution is 2.37. The molecule has 5 rings (SSSR count). The zero-order chi connectivity index (χ0) is 25.6. The van der Waals surface area contributed by atoms with Crippen molar-refractivity contribution in [3.05, 3.63) is 89.2 Å². The number of fused-ring (bicyclic) bond motifs is 1. The molecule has 0 bridgehead atoms. The summed E-state index contributed by atoms with van der Waals surface area (Å²) in [6, 6.07) is 18.6. The molecule has 1 saturated heterocycles. The predicted molar refractivity (Wildman–Crippen MR) is 146 cm³/mol. The van der Waals surface area contributed by atoms with Crippen LogP contribution in [0.15, 0.2) is 67.0 Å². The van der Waals surface area contributed by atoms with Crippen molar-refractivity contribution in [2.24, 2.45) is 0 Å². The number of aryl methyl sites for hydroxylation is 1. The van der Waals surface area contributed by atoms with Crippen LogP contribution in [0.3, 0.4) is 0 Å². The lowest BCUT2D eigenvalue weighted by molar-refractivity contribution is 0.00970.